The van der Waals surface area contributed by atoms with Crippen molar-refractivity contribution in [2.75, 3.05) is 0 Å². The summed E-state index contributed by atoms with van der Waals surface area (Å²) in [4.78, 5) is 0. The van der Waals surface area contributed by atoms with Crippen LogP contribution in [0.4, 0.5) is 17.6 Å². The molecule has 1 aliphatic rings. The maximum absolute atomic E-state index is 14.0. The molecule has 0 saturated heterocycles. The highest BCUT2D eigenvalue weighted by Gasteiger charge is 2.28. The molecule has 0 aromatic heterocycles. The van der Waals surface area contributed by atoms with Crippen LogP contribution in [0, 0.1) is 24.5 Å². The molecule has 1 aromatic carbocycles. The van der Waals surface area contributed by atoms with Gasteiger partial charge in [-0.25, -0.2) is 17.6 Å². The van der Waals surface area contributed by atoms with Crippen molar-refractivity contribution in [3.8, 4) is 0 Å². The van der Waals surface area contributed by atoms with Gasteiger partial charge < -0.3 is 0 Å². The van der Waals surface area contributed by atoms with Gasteiger partial charge in [0.25, 0.3) is 0 Å². The maximum Gasteiger partial charge on any atom is 0.245 e. The summed E-state index contributed by atoms with van der Waals surface area (Å²) in [6.07, 6.45) is 3.56. The number of aryl methyl sites for hydroxylation is 1. The van der Waals surface area contributed by atoms with Crippen molar-refractivity contribution in [3.05, 3.63) is 34.9 Å². The minimum atomic E-state index is -2.61. The van der Waals surface area contributed by atoms with Crippen LogP contribution in [0.3, 0.4) is 0 Å². The second-order valence-electron chi connectivity index (χ2n) is 6.43. The summed E-state index contributed by atoms with van der Waals surface area (Å²) >= 11 is 0. The van der Waals surface area contributed by atoms with Crippen LogP contribution in [-0.2, 0) is 0 Å². The highest BCUT2D eigenvalue weighted by atomic mass is 19.3. The summed E-state index contributed by atoms with van der Waals surface area (Å²) in [5, 5.41) is 0. The normalized spacial score (nSPS) is 23.3. The predicted octanol–water partition coefficient (Wildman–Crippen LogP) is 5.98. The van der Waals surface area contributed by atoms with Crippen molar-refractivity contribution in [1.82, 2.24) is 0 Å². The number of halogens is 4. The van der Waals surface area contributed by atoms with Gasteiger partial charge in [0.2, 0.25) is 5.92 Å². The zero-order valence-electron chi connectivity index (χ0n) is 12.6. The Morgan fingerprint density at radius 2 is 1.67 bits per heavy atom. The van der Waals surface area contributed by atoms with Crippen LogP contribution in [0.2, 0.25) is 0 Å². The quantitative estimate of drug-likeness (QED) is 0.600. The number of hydrogen-bond acceptors (Lipinski definition) is 0. The Morgan fingerprint density at radius 1 is 1.05 bits per heavy atom. The van der Waals surface area contributed by atoms with E-state index < -0.39 is 17.6 Å². The molecule has 0 spiro atoms. The summed E-state index contributed by atoms with van der Waals surface area (Å²) in [6, 6.07) is 3.27. The second kappa shape index (κ2) is 6.37. The van der Waals surface area contributed by atoms with Gasteiger partial charge in [0, 0.05) is 6.42 Å². The van der Waals surface area contributed by atoms with E-state index in [1.807, 2.05) is 0 Å². The SMILES string of the molecule is Cc1ccc(C2CCC(CCC(C)(F)F)CC2)c(F)c1F. The first-order chi connectivity index (χ1) is 9.78. The smallest absolute Gasteiger partial charge is 0.207 e. The van der Waals surface area contributed by atoms with E-state index in [2.05, 4.69) is 0 Å². The molecule has 0 atom stereocenters. The topological polar surface area (TPSA) is 0 Å². The summed E-state index contributed by atoms with van der Waals surface area (Å²) in [5.74, 6) is -3.81. The van der Waals surface area contributed by atoms with Crippen LogP contribution in [0.25, 0.3) is 0 Å². The lowest BCUT2D eigenvalue weighted by molar-refractivity contribution is 0.00489. The van der Waals surface area contributed by atoms with Gasteiger partial charge in [0.15, 0.2) is 11.6 Å². The van der Waals surface area contributed by atoms with Crippen LogP contribution in [0.15, 0.2) is 12.1 Å². The van der Waals surface area contributed by atoms with Gasteiger partial charge in [-0.15, -0.1) is 0 Å². The first-order valence-corrected chi connectivity index (χ1v) is 7.60. The maximum atomic E-state index is 14.0. The summed E-state index contributed by atoms with van der Waals surface area (Å²) < 4.78 is 53.3. The molecule has 2 rings (SSSR count). The third kappa shape index (κ3) is 4.21. The lowest BCUT2D eigenvalue weighted by Crippen LogP contribution is -2.18. The fraction of sp³-hybridized carbons (Fsp3) is 0.647. The molecule has 1 aliphatic carbocycles. The van der Waals surface area contributed by atoms with Gasteiger partial charge in [-0.1, -0.05) is 12.1 Å². The zero-order valence-corrected chi connectivity index (χ0v) is 12.6. The molecule has 4 heteroatoms. The van der Waals surface area contributed by atoms with Gasteiger partial charge in [-0.05, 0) is 68.9 Å². The van der Waals surface area contributed by atoms with Crippen LogP contribution in [-0.4, -0.2) is 5.92 Å². The minimum Gasteiger partial charge on any atom is -0.207 e. The van der Waals surface area contributed by atoms with Crippen LogP contribution in [0.5, 0.6) is 0 Å². The van der Waals surface area contributed by atoms with Gasteiger partial charge in [-0.3, -0.25) is 0 Å². The number of alkyl halides is 2. The summed E-state index contributed by atoms with van der Waals surface area (Å²) in [7, 11) is 0. The Balaban J connectivity index is 1.94. The monoisotopic (exact) mass is 302 g/mol. The van der Waals surface area contributed by atoms with Crippen molar-refractivity contribution in [1.29, 1.82) is 0 Å². The Hall–Kier alpha value is -1.06. The summed E-state index contributed by atoms with van der Waals surface area (Å²) in [5.41, 5.74) is 0.757. The van der Waals surface area contributed by atoms with E-state index >= 15 is 0 Å². The molecule has 1 aromatic rings. The molecule has 21 heavy (non-hydrogen) atoms. The van der Waals surface area contributed by atoms with E-state index in [-0.39, 0.29) is 18.3 Å². The molecule has 118 valence electrons. The molecular weight excluding hydrogens is 280 g/mol. The molecule has 1 saturated carbocycles. The van der Waals surface area contributed by atoms with Crippen LogP contribution >= 0.6 is 0 Å². The van der Waals surface area contributed by atoms with Crippen molar-refractivity contribution in [3.63, 3.8) is 0 Å². The van der Waals surface area contributed by atoms with Crippen molar-refractivity contribution in [2.24, 2.45) is 5.92 Å². The van der Waals surface area contributed by atoms with Gasteiger partial charge in [0.05, 0.1) is 0 Å². The lowest BCUT2D eigenvalue weighted by atomic mass is 9.76. The van der Waals surface area contributed by atoms with E-state index in [9.17, 15) is 17.6 Å². The summed E-state index contributed by atoms with van der Waals surface area (Å²) in [6.45, 7) is 2.49. The lowest BCUT2D eigenvalue weighted by Gasteiger charge is -2.29. The predicted molar refractivity (Wildman–Crippen MR) is 75.6 cm³/mol. The van der Waals surface area contributed by atoms with Crippen molar-refractivity contribution < 1.29 is 17.6 Å². The van der Waals surface area contributed by atoms with Crippen LogP contribution < -0.4 is 0 Å². The Labute approximate surface area is 123 Å². The molecular formula is C17H22F4. The molecule has 0 amide bonds. The highest BCUT2D eigenvalue weighted by molar-refractivity contribution is 5.28. The van der Waals surface area contributed by atoms with Crippen LogP contribution in [0.1, 0.15) is 62.5 Å². The molecule has 0 N–H and O–H groups in total. The first kappa shape index (κ1) is 16.3. The van der Waals surface area contributed by atoms with E-state index in [0.717, 1.165) is 32.6 Å². The average Bonchev–Trinajstić information content (AvgIpc) is 2.43. The largest absolute Gasteiger partial charge is 0.245 e. The Bertz CT molecular complexity index is 482. The highest BCUT2D eigenvalue weighted by Crippen LogP contribution is 2.40. The number of benzene rings is 1. The minimum absolute atomic E-state index is 0.0125. The van der Waals surface area contributed by atoms with E-state index in [4.69, 9.17) is 0 Å². The fourth-order valence-electron chi connectivity index (χ4n) is 3.20. The third-order valence-electron chi connectivity index (χ3n) is 4.58. The van der Waals surface area contributed by atoms with Crippen molar-refractivity contribution >= 4 is 0 Å². The first-order valence-electron chi connectivity index (χ1n) is 7.60. The molecule has 0 radical (unpaired) electrons. The second-order valence-corrected chi connectivity index (χ2v) is 6.43. The fourth-order valence-corrected chi connectivity index (χ4v) is 3.20. The van der Waals surface area contributed by atoms with Gasteiger partial charge in [-0.2, -0.15) is 0 Å². The Morgan fingerprint density at radius 3 is 2.24 bits per heavy atom. The van der Waals surface area contributed by atoms with E-state index in [1.54, 1.807) is 19.1 Å². The molecule has 0 nitrogen and oxygen atoms in total. The van der Waals surface area contributed by atoms with Gasteiger partial charge in [0.1, 0.15) is 0 Å². The Kier molecular flexibility index (Phi) is 4.95. The van der Waals surface area contributed by atoms with Gasteiger partial charge >= 0.3 is 0 Å². The molecule has 0 heterocycles. The molecule has 0 aliphatic heterocycles. The van der Waals surface area contributed by atoms with Crippen molar-refractivity contribution in [2.45, 2.75) is 64.2 Å². The standard InChI is InChI=1S/C17H22F4/c1-11-3-8-14(16(19)15(11)18)13-6-4-12(5-7-13)9-10-17(2,20)21/h3,8,12-13H,4-7,9-10H2,1-2H3. The zero-order chi connectivity index (χ0) is 15.6. The number of hydrogen-bond donors (Lipinski definition) is 0. The third-order valence-corrected chi connectivity index (χ3v) is 4.58. The molecule has 0 bridgehead atoms. The average molecular weight is 302 g/mol. The van der Waals surface area contributed by atoms with E-state index in [1.165, 1.54) is 0 Å². The number of rotatable bonds is 4. The van der Waals surface area contributed by atoms with E-state index in [0.29, 0.717) is 17.5 Å². The molecule has 0 unspecified atom stereocenters. The molecule has 1 fully saturated rings.